The first-order chi connectivity index (χ1) is 28.6. The number of hydrogen-bond acceptors (Lipinski definition) is 11. The minimum absolute atomic E-state index is 0.0587. The van der Waals surface area contributed by atoms with Gasteiger partial charge in [0.2, 0.25) is 11.8 Å². The monoisotopic (exact) mass is 1270 g/mol. The third-order valence-corrected chi connectivity index (χ3v) is 22.8. The third kappa shape index (κ3) is 16.9. The topological polar surface area (TPSA) is 231 Å². The number of carbonyl (C=O) groups is 4. The van der Waals surface area contributed by atoms with E-state index in [1.165, 1.54) is 7.11 Å². The first-order valence-corrected chi connectivity index (χ1v) is 29.6. The maximum Gasteiger partial charge on any atom is 0.408 e. The molecule has 5 N–H and O–H groups in total. The lowest BCUT2D eigenvalue weighted by molar-refractivity contribution is -0.146. The van der Waals surface area contributed by atoms with Gasteiger partial charge in [0.15, 0.2) is 16.6 Å². The van der Waals surface area contributed by atoms with Crippen molar-refractivity contribution >= 4 is 118 Å². The van der Waals surface area contributed by atoms with Crippen LogP contribution in [0.4, 0.5) is 4.79 Å². The van der Waals surface area contributed by atoms with E-state index in [2.05, 4.69) is 57.8 Å². The summed E-state index contributed by atoms with van der Waals surface area (Å²) in [5.74, 6) is -2.50. The van der Waals surface area contributed by atoms with Crippen molar-refractivity contribution in [1.29, 1.82) is 0 Å². The van der Waals surface area contributed by atoms with Crippen LogP contribution in [0.1, 0.15) is 73.4 Å². The maximum absolute atomic E-state index is 15.2. The minimum Gasteiger partial charge on any atom is -0.506 e. The molecule has 63 heavy (non-hydrogen) atoms. The molecule has 0 unspecified atom stereocenters. The average molecular weight is 1270 g/mol. The van der Waals surface area contributed by atoms with Crippen LogP contribution in [0.2, 0.25) is 36.3 Å². The van der Waals surface area contributed by atoms with E-state index in [0.29, 0.717) is 27.2 Å². The highest BCUT2D eigenvalue weighted by atomic mass is 127. The third-order valence-electron chi connectivity index (χ3n) is 10.9. The van der Waals surface area contributed by atoms with Crippen molar-refractivity contribution in [2.45, 2.75) is 147 Å². The Hall–Kier alpha value is -2.20. The fourth-order valence-corrected chi connectivity index (χ4v) is 11.3. The molecule has 0 spiro atoms. The molecule has 0 aromatic heterocycles. The highest BCUT2D eigenvalue weighted by Crippen LogP contribution is 2.41. The van der Waals surface area contributed by atoms with E-state index in [1.807, 2.05) is 113 Å². The quantitative estimate of drug-likeness (QED) is 0.0237. The van der Waals surface area contributed by atoms with Gasteiger partial charge in [0.1, 0.15) is 35.2 Å². The van der Waals surface area contributed by atoms with Crippen molar-refractivity contribution in [2.75, 3.05) is 13.7 Å². The number of phenols is 2. The number of hydrogen-bond donors (Lipinski definition) is 5. The summed E-state index contributed by atoms with van der Waals surface area (Å²) >= 11 is 10.6. The number of carbonyl (C=O) groups excluding carboxylic acids is 4. The number of benzene rings is 2. The maximum atomic E-state index is 15.2. The van der Waals surface area contributed by atoms with E-state index >= 15 is 4.79 Å². The van der Waals surface area contributed by atoms with Crippen molar-refractivity contribution in [3.05, 3.63) is 61.9 Å². The number of alkyl carbamates (subject to hydrolysis) is 1. The Bertz CT molecular complexity index is 1990. The summed E-state index contributed by atoms with van der Waals surface area (Å²) in [6.07, 6.45) is -3.54. The fraction of sp³-hybridized carbons (Fsp3) is 0.610. The second-order valence-corrected chi connectivity index (χ2v) is 32.7. The summed E-state index contributed by atoms with van der Waals surface area (Å²) in [6, 6.07) is 2.19. The Morgan fingerprint density at radius 3 is 1.70 bits per heavy atom. The predicted octanol–water partition coefficient (Wildman–Crippen LogP) is 9.74. The lowest BCUT2D eigenvalue weighted by Gasteiger charge is -2.46. The lowest BCUT2D eigenvalue weighted by atomic mass is 10.0. The molecule has 0 aliphatic carbocycles. The molecule has 0 bridgehead atoms. The van der Waals surface area contributed by atoms with Gasteiger partial charge in [0.25, 0.3) is 0 Å². The summed E-state index contributed by atoms with van der Waals surface area (Å²) in [5, 5.41) is 32.3. The number of nitrogens with one attached hydrogen (secondary N) is 3. The summed E-state index contributed by atoms with van der Waals surface area (Å²) in [4.78, 5) is 60.0. The van der Waals surface area contributed by atoms with Crippen LogP contribution in [-0.4, -0.2) is 100 Å². The molecule has 3 amide bonds. The number of aromatic hydroxyl groups is 2. The Balaban J connectivity index is 2.99. The molecular weight excluding hydrogens is 1210 g/mol. The van der Waals surface area contributed by atoms with Crippen molar-refractivity contribution in [1.82, 2.24) is 16.0 Å². The molecule has 0 heterocycles. The smallest absolute Gasteiger partial charge is 0.408 e. The first-order valence-electron chi connectivity index (χ1n) is 20.0. The summed E-state index contributed by atoms with van der Waals surface area (Å²) in [6.45, 7) is 24.7. The normalized spacial score (nSPS) is 14.9. The van der Waals surface area contributed by atoms with Crippen LogP contribution in [0, 0.1) is 7.14 Å². The van der Waals surface area contributed by atoms with Crippen LogP contribution in [0.15, 0.2) is 38.3 Å². The molecule has 2 aromatic carbocycles. The molecule has 0 fully saturated rings. The highest BCUT2D eigenvalue weighted by molar-refractivity contribution is 14.1. The Labute approximate surface area is 417 Å². The number of nitrogens with zero attached hydrogens (tertiary/aromatic N) is 3. The molecule has 0 saturated heterocycles. The fourth-order valence-electron chi connectivity index (χ4n) is 5.51. The number of amides is 3. The zero-order valence-corrected chi connectivity index (χ0v) is 47.8. The molecule has 0 radical (unpaired) electrons. The van der Waals surface area contributed by atoms with Crippen molar-refractivity contribution in [3.8, 4) is 11.5 Å². The largest absolute Gasteiger partial charge is 0.506 e. The van der Waals surface area contributed by atoms with Crippen LogP contribution < -0.4 is 16.0 Å². The predicted molar refractivity (Wildman–Crippen MR) is 272 cm³/mol. The average Bonchev–Trinajstić information content (AvgIpc) is 3.13. The molecule has 0 saturated carbocycles. The van der Waals surface area contributed by atoms with E-state index in [0.717, 1.165) is 0 Å². The van der Waals surface area contributed by atoms with Crippen LogP contribution in [0.25, 0.3) is 10.4 Å². The number of rotatable bonds is 18. The van der Waals surface area contributed by atoms with E-state index in [4.69, 9.17) is 18.3 Å². The second kappa shape index (κ2) is 23.0. The number of halogens is 4. The first kappa shape index (κ1) is 56.9. The van der Waals surface area contributed by atoms with E-state index in [-0.39, 0.29) is 35.9 Å². The van der Waals surface area contributed by atoms with Gasteiger partial charge in [0, 0.05) is 17.8 Å². The van der Waals surface area contributed by atoms with Gasteiger partial charge in [-0.1, -0.05) is 46.7 Å². The van der Waals surface area contributed by atoms with Gasteiger partial charge in [0.05, 0.1) is 41.9 Å². The molecule has 352 valence electrons. The standard InChI is InChI=1S/C41H62Br2I2N6O10Si2/c1-39(2,3)59-38(57)49-28(19-23-17-26(44)33(53)27(45)18-23)35(54)50-31(36(55)48-29(37(56)58-10)20-22-15-24(42)32(52)25(43)16-22)34(61-63(13,14)41(7,8)9)30(21-47-51-46)60-62(11,12)40(4,5)6/h15-18,28-31,34,52-53H,19-21H2,1-14H3,(H,48,55)(H,49,57)(H,50,54)/t28-,29-,30+,31-,34+/m0/s1. The van der Waals surface area contributed by atoms with Gasteiger partial charge in [-0.2, -0.15) is 0 Å². The number of phenolic OH excluding ortho intramolecular Hbond substituents is 2. The molecule has 2 aromatic rings. The van der Waals surface area contributed by atoms with E-state index < -0.39 is 81.5 Å². The molecule has 2 rings (SSSR count). The number of azide groups is 1. The van der Waals surface area contributed by atoms with Gasteiger partial charge in [-0.25, -0.2) is 9.59 Å². The zero-order chi connectivity index (χ0) is 48.6. The Morgan fingerprint density at radius 2 is 1.24 bits per heavy atom. The Kier molecular flexibility index (Phi) is 20.8. The summed E-state index contributed by atoms with van der Waals surface area (Å²) in [7, 11) is -4.52. The van der Waals surface area contributed by atoms with Crippen molar-refractivity contribution < 1.29 is 47.7 Å². The van der Waals surface area contributed by atoms with Gasteiger partial charge in [-0.3, -0.25) is 9.59 Å². The Morgan fingerprint density at radius 1 is 0.762 bits per heavy atom. The second-order valence-electron chi connectivity index (χ2n) is 19.2. The molecule has 22 heteroatoms. The summed E-state index contributed by atoms with van der Waals surface area (Å²) in [5.41, 5.74) is 9.81. The summed E-state index contributed by atoms with van der Waals surface area (Å²) < 4.78 is 26.5. The van der Waals surface area contributed by atoms with Crippen LogP contribution >= 0.6 is 77.0 Å². The van der Waals surface area contributed by atoms with Gasteiger partial charge in [-0.15, -0.1) is 0 Å². The van der Waals surface area contributed by atoms with Gasteiger partial charge >= 0.3 is 12.1 Å². The van der Waals surface area contributed by atoms with E-state index in [1.54, 1.807) is 45.0 Å². The van der Waals surface area contributed by atoms with Gasteiger partial charge in [-0.05, 0) is 175 Å². The number of esters is 1. The molecule has 0 aliphatic rings. The molecule has 5 atom stereocenters. The van der Waals surface area contributed by atoms with Crippen molar-refractivity contribution in [3.63, 3.8) is 0 Å². The SMILES string of the molecule is COC(=O)[C@H](Cc1cc(Br)c(O)c(Br)c1)NC(=O)[C@@H](NC(=O)[C@H](Cc1cc(I)c(O)c(I)c1)NC(=O)OC(C)(C)C)[C@H](O[Si](C)(C)C(C)(C)C)[C@@H](CN=[N+]=[N-])O[Si](C)(C)C(C)(C)C. The van der Waals surface area contributed by atoms with Crippen LogP contribution in [0.5, 0.6) is 11.5 Å². The van der Waals surface area contributed by atoms with E-state index in [9.17, 15) is 30.1 Å². The number of ether oxygens (including phenoxy) is 2. The lowest BCUT2D eigenvalue weighted by Crippen LogP contribution is -2.66. The van der Waals surface area contributed by atoms with Gasteiger partial charge < -0.3 is 44.5 Å². The molecule has 0 aliphatic heterocycles. The van der Waals surface area contributed by atoms with Crippen molar-refractivity contribution in [2.24, 2.45) is 5.11 Å². The highest BCUT2D eigenvalue weighted by Gasteiger charge is 2.49. The number of methoxy groups -OCH3 is 1. The zero-order valence-electron chi connectivity index (χ0n) is 38.3. The van der Waals surface area contributed by atoms with Crippen LogP contribution in [0.3, 0.4) is 0 Å². The molecule has 16 nitrogen and oxygen atoms in total. The minimum atomic E-state index is -2.93. The van der Waals surface area contributed by atoms with Crippen LogP contribution in [-0.2, 0) is 45.6 Å². The molecular formula is C41H62Br2I2N6O10Si2.